The summed E-state index contributed by atoms with van der Waals surface area (Å²) < 4.78 is 0. The standard InChI is InChI=1S/C15H21N3/c1-14(2,3)18-10-6-8-15(11-16,12-18)13-7-4-5-9-17-13/h4-5,7,9H,6,8,10,12H2,1-3H3. The lowest BCUT2D eigenvalue weighted by Crippen LogP contribution is -2.53. The summed E-state index contributed by atoms with van der Waals surface area (Å²) in [5, 5.41) is 9.66. The first-order chi connectivity index (χ1) is 8.48. The maximum absolute atomic E-state index is 9.66. The van der Waals surface area contributed by atoms with Crippen LogP contribution in [0.3, 0.4) is 0 Å². The minimum absolute atomic E-state index is 0.108. The van der Waals surface area contributed by atoms with Crippen LogP contribution in [0.15, 0.2) is 24.4 Å². The van der Waals surface area contributed by atoms with Gasteiger partial charge in [-0.2, -0.15) is 5.26 Å². The molecule has 1 atom stereocenters. The van der Waals surface area contributed by atoms with Crippen molar-refractivity contribution in [1.82, 2.24) is 9.88 Å². The number of aromatic nitrogens is 1. The van der Waals surface area contributed by atoms with Crippen molar-refractivity contribution in [2.75, 3.05) is 13.1 Å². The quantitative estimate of drug-likeness (QED) is 0.761. The summed E-state index contributed by atoms with van der Waals surface area (Å²) in [6.45, 7) is 8.47. The van der Waals surface area contributed by atoms with Crippen LogP contribution >= 0.6 is 0 Å². The van der Waals surface area contributed by atoms with Crippen molar-refractivity contribution in [3.8, 4) is 6.07 Å². The van der Waals surface area contributed by atoms with Crippen LogP contribution in [-0.2, 0) is 5.41 Å². The number of hydrogen-bond acceptors (Lipinski definition) is 3. The average Bonchev–Trinajstić information content (AvgIpc) is 2.39. The van der Waals surface area contributed by atoms with Crippen molar-refractivity contribution in [2.45, 2.75) is 44.6 Å². The van der Waals surface area contributed by atoms with Gasteiger partial charge in [-0.1, -0.05) is 6.07 Å². The maximum Gasteiger partial charge on any atom is 0.112 e. The van der Waals surface area contributed by atoms with Crippen LogP contribution in [0.25, 0.3) is 0 Å². The Labute approximate surface area is 109 Å². The second kappa shape index (κ2) is 4.70. The largest absolute Gasteiger partial charge is 0.296 e. The molecule has 0 amide bonds. The van der Waals surface area contributed by atoms with Gasteiger partial charge in [-0.05, 0) is 52.3 Å². The third-order valence-corrected chi connectivity index (χ3v) is 3.81. The second-order valence-electron chi connectivity index (χ2n) is 6.10. The number of nitrogens with zero attached hydrogens (tertiary/aromatic N) is 3. The van der Waals surface area contributed by atoms with Gasteiger partial charge < -0.3 is 0 Å². The summed E-state index contributed by atoms with van der Waals surface area (Å²) >= 11 is 0. The van der Waals surface area contributed by atoms with Crippen LogP contribution in [0.2, 0.25) is 0 Å². The Morgan fingerprint density at radius 1 is 1.39 bits per heavy atom. The van der Waals surface area contributed by atoms with Gasteiger partial charge in [0.2, 0.25) is 0 Å². The van der Waals surface area contributed by atoms with Gasteiger partial charge in [-0.25, -0.2) is 0 Å². The molecule has 3 heteroatoms. The van der Waals surface area contributed by atoms with Crippen LogP contribution in [-0.4, -0.2) is 28.5 Å². The molecule has 0 N–H and O–H groups in total. The Bertz CT molecular complexity index is 441. The highest BCUT2D eigenvalue weighted by Crippen LogP contribution is 2.34. The molecule has 1 aromatic rings. The van der Waals surface area contributed by atoms with Crippen LogP contribution in [0.4, 0.5) is 0 Å². The Morgan fingerprint density at radius 2 is 2.17 bits per heavy atom. The topological polar surface area (TPSA) is 39.9 Å². The molecule has 3 nitrogen and oxygen atoms in total. The summed E-state index contributed by atoms with van der Waals surface area (Å²) in [5.41, 5.74) is 0.589. The Morgan fingerprint density at radius 3 is 2.72 bits per heavy atom. The Balaban J connectivity index is 2.32. The fourth-order valence-electron chi connectivity index (χ4n) is 2.63. The third kappa shape index (κ3) is 2.39. The molecule has 1 aliphatic rings. The maximum atomic E-state index is 9.66. The Hall–Kier alpha value is -1.40. The molecule has 1 unspecified atom stereocenters. The van der Waals surface area contributed by atoms with Gasteiger partial charge >= 0.3 is 0 Å². The van der Waals surface area contributed by atoms with E-state index in [1.807, 2.05) is 18.2 Å². The highest BCUT2D eigenvalue weighted by atomic mass is 15.2. The number of hydrogen-bond donors (Lipinski definition) is 0. The van der Waals surface area contributed by atoms with E-state index < -0.39 is 5.41 Å². The predicted octanol–water partition coefficient (Wildman–Crippen LogP) is 2.74. The van der Waals surface area contributed by atoms with E-state index >= 15 is 0 Å². The van der Waals surface area contributed by atoms with E-state index in [2.05, 4.69) is 36.7 Å². The summed E-state index contributed by atoms with van der Waals surface area (Å²) in [5.74, 6) is 0. The lowest BCUT2D eigenvalue weighted by molar-refractivity contribution is 0.0789. The molecule has 1 saturated heterocycles. The van der Waals surface area contributed by atoms with Crippen LogP contribution < -0.4 is 0 Å². The molecule has 96 valence electrons. The molecule has 1 aromatic heterocycles. The number of likely N-dealkylation sites (tertiary alicyclic amines) is 1. The van der Waals surface area contributed by atoms with E-state index in [0.717, 1.165) is 31.6 Å². The fraction of sp³-hybridized carbons (Fsp3) is 0.600. The summed E-state index contributed by atoms with van der Waals surface area (Å²) in [7, 11) is 0. The van der Waals surface area contributed by atoms with Crippen molar-refractivity contribution in [2.24, 2.45) is 0 Å². The van der Waals surface area contributed by atoms with Crippen molar-refractivity contribution in [3.05, 3.63) is 30.1 Å². The van der Waals surface area contributed by atoms with Gasteiger partial charge in [-0.3, -0.25) is 9.88 Å². The van der Waals surface area contributed by atoms with Gasteiger partial charge in [0.25, 0.3) is 0 Å². The molecule has 0 aliphatic carbocycles. The first-order valence-corrected chi connectivity index (χ1v) is 6.56. The normalized spacial score (nSPS) is 25.7. The molecule has 1 fully saturated rings. The average molecular weight is 243 g/mol. The molecule has 2 heterocycles. The lowest BCUT2D eigenvalue weighted by atomic mass is 9.77. The van der Waals surface area contributed by atoms with E-state index in [4.69, 9.17) is 0 Å². The molecular weight excluding hydrogens is 222 g/mol. The predicted molar refractivity (Wildman–Crippen MR) is 72.1 cm³/mol. The zero-order valence-electron chi connectivity index (χ0n) is 11.5. The molecule has 0 bridgehead atoms. The van der Waals surface area contributed by atoms with Crippen molar-refractivity contribution >= 4 is 0 Å². The number of piperidine rings is 1. The summed E-state index contributed by atoms with van der Waals surface area (Å²) in [6.07, 6.45) is 3.75. The third-order valence-electron chi connectivity index (χ3n) is 3.81. The molecular formula is C15H21N3. The van der Waals surface area contributed by atoms with E-state index in [1.54, 1.807) is 6.20 Å². The first-order valence-electron chi connectivity index (χ1n) is 6.56. The van der Waals surface area contributed by atoms with E-state index in [1.165, 1.54) is 0 Å². The smallest absolute Gasteiger partial charge is 0.112 e. The summed E-state index contributed by atoms with van der Waals surface area (Å²) in [6, 6.07) is 8.38. The first kappa shape index (κ1) is 13.0. The highest BCUT2D eigenvalue weighted by Gasteiger charge is 2.41. The van der Waals surface area contributed by atoms with Crippen LogP contribution in [0, 0.1) is 11.3 Å². The lowest BCUT2D eigenvalue weighted by Gasteiger charge is -2.44. The molecule has 2 rings (SSSR count). The monoisotopic (exact) mass is 243 g/mol. The van der Waals surface area contributed by atoms with Crippen molar-refractivity contribution in [3.63, 3.8) is 0 Å². The zero-order chi connectivity index (χ0) is 13.2. The van der Waals surface area contributed by atoms with Gasteiger partial charge in [0, 0.05) is 18.3 Å². The minimum Gasteiger partial charge on any atom is -0.296 e. The number of rotatable bonds is 1. The van der Waals surface area contributed by atoms with Gasteiger partial charge in [0.15, 0.2) is 0 Å². The molecule has 1 aliphatic heterocycles. The number of nitriles is 1. The van der Waals surface area contributed by atoms with Gasteiger partial charge in [0.1, 0.15) is 5.41 Å². The van der Waals surface area contributed by atoms with Crippen molar-refractivity contribution < 1.29 is 0 Å². The van der Waals surface area contributed by atoms with E-state index in [9.17, 15) is 5.26 Å². The number of pyridine rings is 1. The van der Waals surface area contributed by atoms with Gasteiger partial charge in [0.05, 0.1) is 11.8 Å². The Kier molecular flexibility index (Phi) is 3.41. The molecule has 18 heavy (non-hydrogen) atoms. The highest BCUT2D eigenvalue weighted by molar-refractivity contribution is 5.28. The zero-order valence-corrected chi connectivity index (χ0v) is 11.5. The van der Waals surface area contributed by atoms with Gasteiger partial charge in [-0.15, -0.1) is 0 Å². The van der Waals surface area contributed by atoms with E-state index in [0.29, 0.717) is 0 Å². The fourth-order valence-corrected chi connectivity index (χ4v) is 2.63. The molecule has 0 aromatic carbocycles. The minimum atomic E-state index is -0.438. The molecule has 0 saturated carbocycles. The van der Waals surface area contributed by atoms with Crippen LogP contribution in [0.5, 0.6) is 0 Å². The molecule has 0 spiro atoms. The SMILES string of the molecule is CC(C)(C)N1CCCC(C#N)(c2ccccn2)C1. The van der Waals surface area contributed by atoms with Crippen LogP contribution in [0.1, 0.15) is 39.3 Å². The summed E-state index contributed by atoms with van der Waals surface area (Å²) in [4.78, 5) is 6.81. The second-order valence-corrected chi connectivity index (χ2v) is 6.10. The van der Waals surface area contributed by atoms with E-state index in [-0.39, 0.29) is 5.54 Å². The van der Waals surface area contributed by atoms with Crippen molar-refractivity contribution in [1.29, 1.82) is 5.26 Å². The molecule has 0 radical (unpaired) electrons.